The fourth-order valence-corrected chi connectivity index (χ4v) is 5.13. The lowest BCUT2D eigenvalue weighted by Crippen LogP contribution is -2.43. The number of nitrogens with one attached hydrogen (secondary N) is 1. The summed E-state index contributed by atoms with van der Waals surface area (Å²) >= 11 is 0. The second-order valence-corrected chi connectivity index (χ2v) is 9.90. The van der Waals surface area contributed by atoms with E-state index in [1.165, 1.54) is 11.8 Å². The van der Waals surface area contributed by atoms with Gasteiger partial charge in [-0.2, -0.15) is 9.50 Å². The third kappa shape index (κ3) is 4.29. The van der Waals surface area contributed by atoms with E-state index in [2.05, 4.69) is 49.2 Å². The van der Waals surface area contributed by atoms with Crippen LogP contribution in [0.25, 0.3) is 33.4 Å². The molecule has 1 aliphatic rings. The van der Waals surface area contributed by atoms with Gasteiger partial charge in [-0.05, 0) is 49.0 Å². The van der Waals surface area contributed by atoms with Gasteiger partial charge < -0.3 is 10.2 Å². The second kappa shape index (κ2) is 9.57. The number of hydrogen-bond acceptors (Lipinski definition) is 8. The van der Waals surface area contributed by atoms with Crippen molar-refractivity contribution in [1.29, 1.82) is 0 Å². The standard InChI is InChI=1S/C29H27N9O/c1-35-14-16-36(17-15-35)19-20-9-11-21(12-10-20)32-29-31-18-23-26(34-29)33-27-22-6-2-3-7-24(22)37(38(27)28(23)39)25-8-4-5-13-30-25/h2-13,18H,14-17,19H2,1H3,(H,31,32,34). The van der Waals surface area contributed by atoms with Crippen molar-refractivity contribution in [3.63, 3.8) is 0 Å². The number of likely N-dealkylation sites (N-methyl/N-ethyl adjacent to an activating group) is 1. The van der Waals surface area contributed by atoms with E-state index in [9.17, 15) is 4.79 Å². The molecule has 2 aromatic carbocycles. The molecule has 39 heavy (non-hydrogen) atoms. The van der Waals surface area contributed by atoms with Gasteiger partial charge in [0, 0.05) is 56.2 Å². The Morgan fingerprint density at radius 2 is 1.64 bits per heavy atom. The molecule has 0 saturated carbocycles. The van der Waals surface area contributed by atoms with Gasteiger partial charge in [-0.1, -0.05) is 30.3 Å². The number of piperazine rings is 1. The van der Waals surface area contributed by atoms with Crippen LogP contribution in [0.3, 0.4) is 0 Å². The molecule has 0 amide bonds. The van der Waals surface area contributed by atoms with Crippen molar-refractivity contribution in [2.45, 2.75) is 6.54 Å². The maximum Gasteiger partial charge on any atom is 0.284 e. The number of hydrogen-bond donors (Lipinski definition) is 1. The number of pyridine rings is 1. The summed E-state index contributed by atoms with van der Waals surface area (Å²) in [6.07, 6.45) is 3.24. The normalized spacial score (nSPS) is 14.9. The van der Waals surface area contributed by atoms with Crippen LogP contribution in [0.4, 0.5) is 11.6 Å². The van der Waals surface area contributed by atoms with Crippen LogP contribution in [0.1, 0.15) is 5.56 Å². The van der Waals surface area contributed by atoms with Crippen molar-refractivity contribution in [2.24, 2.45) is 0 Å². The minimum atomic E-state index is -0.253. The first-order valence-corrected chi connectivity index (χ1v) is 13.0. The molecule has 0 radical (unpaired) electrons. The Morgan fingerprint density at radius 1 is 0.846 bits per heavy atom. The summed E-state index contributed by atoms with van der Waals surface area (Å²) in [4.78, 5) is 36.9. The summed E-state index contributed by atoms with van der Waals surface area (Å²) in [5, 5.41) is 4.43. The van der Waals surface area contributed by atoms with Crippen molar-refractivity contribution >= 4 is 39.2 Å². The van der Waals surface area contributed by atoms with E-state index in [4.69, 9.17) is 4.98 Å². The summed E-state index contributed by atoms with van der Waals surface area (Å²) in [7, 11) is 2.17. The topological polar surface area (TPSA) is 96.5 Å². The lowest BCUT2D eigenvalue weighted by atomic mass is 10.2. The summed E-state index contributed by atoms with van der Waals surface area (Å²) < 4.78 is 3.33. The van der Waals surface area contributed by atoms with Gasteiger partial charge in [0.05, 0.1) is 5.52 Å². The van der Waals surface area contributed by atoms with Gasteiger partial charge in [-0.3, -0.25) is 9.69 Å². The summed E-state index contributed by atoms with van der Waals surface area (Å²) in [6.45, 7) is 5.32. The maximum atomic E-state index is 13.7. The number of anilines is 2. The molecule has 10 nitrogen and oxygen atoms in total. The lowest BCUT2D eigenvalue weighted by Gasteiger charge is -2.32. The van der Waals surface area contributed by atoms with Gasteiger partial charge in [-0.25, -0.2) is 19.6 Å². The van der Waals surface area contributed by atoms with Crippen molar-refractivity contribution in [1.82, 2.24) is 38.9 Å². The molecular weight excluding hydrogens is 490 g/mol. The molecule has 5 heterocycles. The number of fused-ring (bicyclic) bond motifs is 4. The number of para-hydroxylation sites is 1. The van der Waals surface area contributed by atoms with Gasteiger partial charge in [0.25, 0.3) is 5.56 Å². The van der Waals surface area contributed by atoms with Crippen LogP contribution in [0, 0.1) is 0 Å². The van der Waals surface area contributed by atoms with Gasteiger partial charge in [0.2, 0.25) is 5.95 Å². The fraction of sp³-hybridized carbons (Fsp3) is 0.207. The third-order valence-corrected chi connectivity index (χ3v) is 7.26. The third-order valence-electron chi connectivity index (χ3n) is 7.26. The van der Waals surface area contributed by atoms with Gasteiger partial charge in [-0.15, -0.1) is 0 Å². The number of rotatable bonds is 5. The predicted molar refractivity (Wildman–Crippen MR) is 152 cm³/mol. The molecule has 6 aromatic rings. The SMILES string of the molecule is CN1CCN(Cc2ccc(Nc3ncc4c(=O)n5c(nc4n3)c3ccccc3n5-c3ccccn3)cc2)CC1. The van der Waals surface area contributed by atoms with E-state index in [0.29, 0.717) is 28.4 Å². The highest BCUT2D eigenvalue weighted by Gasteiger charge is 2.19. The molecule has 0 spiro atoms. The molecule has 0 unspecified atom stereocenters. The maximum absolute atomic E-state index is 13.7. The van der Waals surface area contributed by atoms with E-state index in [1.54, 1.807) is 15.4 Å². The predicted octanol–water partition coefficient (Wildman–Crippen LogP) is 3.47. The quantitative estimate of drug-likeness (QED) is 0.371. The first-order chi connectivity index (χ1) is 19.1. The molecule has 0 bridgehead atoms. The zero-order valence-electron chi connectivity index (χ0n) is 21.5. The van der Waals surface area contributed by atoms with Gasteiger partial charge >= 0.3 is 0 Å². The zero-order valence-corrected chi connectivity index (χ0v) is 21.5. The number of benzene rings is 2. The molecule has 1 N–H and O–H groups in total. The van der Waals surface area contributed by atoms with Crippen LogP contribution in [0.2, 0.25) is 0 Å². The Hall–Kier alpha value is -4.67. The summed E-state index contributed by atoms with van der Waals surface area (Å²) in [6, 6.07) is 21.7. The van der Waals surface area contributed by atoms with E-state index in [-0.39, 0.29) is 5.56 Å². The Kier molecular flexibility index (Phi) is 5.75. The highest BCUT2D eigenvalue weighted by atomic mass is 16.1. The molecule has 4 aromatic heterocycles. The van der Waals surface area contributed by atoms with Gasteiger partial charge in [0.1, 0.15) is 5.39 Å². The average molecular weight is 518 g/mol. The molecule has 0 atom stereocenters. The molecule has 194 valence electrons. The zero-order chi connectivity index (χ0) is 26.3. The van der Waals surface area contributed by atoms with Crippen LogP contribution in [0.5, 0.6) is 0 Å². The summed E-state index contributed by atoms with van der Waals surface area (Å²) in [5.41, 5.74) is 3.59. The molecule has 1 aliphatic heterocycles. The van der Waals surface area contributed by atoms with Crippen LogP contribution >= 0.6 is 0 Å². The molecule has 10 heteroatoms. The van der Waals surface area contributed by atoms with Crippen LogP contribution in [0.15, 0.2) is 83.9 Å². The lowest BCUT2D eigenvalue weighted by molar-refractivity contribution is 0.148. The monoisotopic (exact) mass is 517 g/mol. The number of aromatic nitrogens is 6. The second-order valence-electron chi connectivity index (χ2n) is 9.90. The highest BCUT2D eigenvalue weighted by Crippen LogP contribution is 2.24. The van der Waals surface area contributed by atoms with Crippen molar-refractivity contribution < 1.29 is 0 Å². The Balaban J connectivity index is 1.23. The molecule has 1 fully saturated rings. The average Bonchev–Trinajstić information content (AvgIpc) is 3.30. The largest absolute Gasteiger partial charge is 0.324 e. The van der Waals surface area contributed by atoms with Crippen LogP contribution in [-0.2, 0) is 6.54 Å². The van der Waals surface area contributed by atoms with Crippen molar-refractivity contribution in [3.8, 4) is 5.82 Å². The van der Waals surface area contributed by atoms with Crippen LogP contribution < -0.4 is 10.9 Å². The minimum Gasteiger partial charge on any atom is -0.324 e. The number of nitrogens with zero attached hydrogens (tertiary/aromatic N) is 8. The molecule has 1 saturated heterocycles. The van der Waals surface area contributed by atoms with E-state index < -0.39 is 0 Å². The molecule has 0 aliphatic carbocycles. The minimum absolute atomic E-state index is 0.253. The first kappa shape index (κ1) is 23.4. The van der Waals surface area contributed by atoms with Crippen molar-refractivity contribution in [3.05, 3.63) is 95.0 Å². The highest BCUT2D eigenvalue weighted by molar-refractivity contribution is 5.95. The molecular formula is C29H27N9O. The van der Waals surface area contributed by atoms with Crippen molar-refractivity contribution in [2.75, 3.05) is 38.5 Å². The Bertz CT molecular complexity index is 1850. The van der Waals surface area contributed by atoms with E-state index >= 15 is 0 Å². The van der Waals surface area contributed by atoms with Gasteiger partial charge in [0.15, 0.2) is 17.1 Å². The molecule has 7 rings (SSSR count). The summed E-state index contributed by atoms with van der Waals surface area (Å²) in [5.74, 6) is 1.02. The smallest absolute Gasteiger partial charge is 0.284 e. The first-order valence-electron chi connectivity index (χ1n) is 13.0. The Morgan fingerprint density at radius 3 is 2.44 bits per heavy atom. The fourth-order valence-electron chi connectivity index (χ4n) is 5.13. The van der Waals surface area contributed by atoms with E-state index in [0.717, 1.165) is 49.3 Å². The van der Waals surface area contributed by atoms with E-state index in [1.807, 2.05) is 54.6 Å². The Labute approximate surface area is 224 Å². The van der Waals surface area contributed by atoms with Crippen LogP contribution in [-0.4, -0.2) is 72.2 Å².